The molecule has 23 heavy (non-hydrogen) atoms. The molecule has 122 valence electrons. The molecule has 0 aromatic heterocycles. The van der Waals surface area contributed by atoms with Gasteiger partial charge < -0.3 is 5.11 Å². The Labute approximate surface area is 137 Å². The molecule has 4 atom stereocenters. The first-order valence-corrected chi connectivity index (χ1v) is 8.21. The first-order chi connectivity index (χ1) is 10.6. The number of allylic oxidation sites excluding steroid dienone is 4. The van der Waals surface area contributed by atoms with Crippen LogP contribution in [0.5, 0.6) is 0 Å². The average Bonchev–Trinajstić information content (AvgIpc) is 2.62. The molecule has 0 amide bonds. The number of fused-ring (bicyclic) bond motifs is 2. The van der Waals surface area contributed by atoms with Crippen LogP contribution in [0.4, 0.5) is 0 Å². The van der Waals surface area contributed by atoms with Crippen LogP contribution in [0.2, 0.25) is 0 Å². The lowest BCUT2D eigenvalue weighted by Crippen LogP contribution is -2.37. The third-order valence-electron chi connectivity index (χ3n) is 5.66. The molecule has 0 radical (unpaired) electrons. The van der Waals surface area contributed by atoms with Crippen molar-refractivity contribution in [2.24, 2.45) is 17.8 Å². The van der Waals surface area contributed by atoms with Crippen molar-refractivity contribution in [1.82, 2.24) is 0 Å². The minimum absolute atomic E-state index is 0.0306. The van der Waals surface area contributed by atoms with E-state index >= 15 is 0 Å². The lowest BCUT2D eigenvalue weighted by atomic mass is 9.64. The summed E-state index contributed by atoms with van der Waals surface area (Å²) >= 11 is 0. The van der Waals surface area contributed by atoms with Crippen LogP contribution < -0.4 is 0 Å². The average molecular weight is 312 g/mol. The summed E-state index contributed by atoms with van der Waals surface area (Å²) in [5.41, 5.74) is 2.25. The summed E-state index contributed by atoms with van der Waals surface area (Å²) in [6.07, 6.45) is 3.89. The molecule has 3 aliphatic rings. The van der Waals surface area contributed by atoms with Crippen molar-refractivity contribution in [3.63, 3.8) is 0 Å². The van der Waals surface area contributed by atoms with Crippen LogP contribution in [0.1, 0.15) is 40.0 Å². The maximum Gasteiger partial charge on any atom is 0.191 e. The molecular formula is C20H24O3. The molecule has 3 heteroatoms. The van der Waals surface area contributed by atoms with Crippen molar-refractivity contribution in [2.75, 3.05) is 0 Å². The normalized spacial score (nSPS) is 37.3. The summed E-state index contributed by atoms with van der Waals surface area (Å²) in [6.45, 7) is 13.6. The minimum Gasteiger partial charge on any atom is -0.382 e. The van der Waals surface area contributed by atoms with E-state index in [1.165, 1.54) is 6.92 Å². The second-order valence-electron chi connectivity index (χ2n) is 7.56. The van der Waals surface area contributed by atoms with Gasteiger partial charge in [0.2, 0.25) is 0 Å². The summed E-state index contributed by atoms with van der Waals surface area (Å²) in [5.74, 6) is -0.318. The van der Waals surface area contributed by atoms with Crippen molar-refractivity contribution >= 4 is 11.6 Å². The lowest BCUT2D eigenvalue weighted by molar-refractivity contribution is -0.130. The van der Waals surface area contributed by atoms with Crippen molar-refractivity contribution in [1.29, 1.82) is 0 Å². The minimum atomic E-state index is -1.47. The number of hydrogen-bond acceptors (Lipinski definition) is 3. The quantitative estimate of drug-likeness (QED) is 0.756. The Kier molecular flexibility index (Phi) is 3.60. The maximum atomic E-state index is 12.8. The zero-order chi connectivity index (χ0) is 17.1. The molecule has 0 spiro atoms. The summed E-state index contributed by atoms with van der Waals surface area (Å²) in [7, 11) is 0. The van der Waals surface area contributed by atoms with Gasteiger partial charge >= 0.3 is 0 Å². The molecular weight excluding hydrogens is 288 g/mol. The summed E-state index contributed by atoms with van der Waals surface area (Å²) in [5, 5.41) is 10.4. The standard InChI is InChI=1S/C20H24O3/c1-10(2)13-7-6-11(3)16-14(13)8-12(4)18(21)15-9-20(5,23)19(22)17(15)16/h8,13-14,16,23H,1,3,6-7,9H2,2,4-5H3/t13-,14-,16-,20?/m1/s1. The van der Waals surface area contributed by atoms with E-state index in [0.29, 0.717) is 16.7 Å². The highest BCUT2D eigenvalue weighted by Gasteiger charge is 2.51. The Bertz CT molecular complexity index is 702. The highest BCUT2D eigenvalue weighted by atomic mass is 16.3. The Morgan fingerprint density at radius 3 is 2.65 bits per heavy atom. The first kappa shape index (κ1) is 16.1. The Morgan fingerprint density at radius 2 is 2.04 bits per heavy atom. The van der Waals surface area contributed by atoms with Gasteiger partial charge in [0.05, 0.1) is 0 Å². The van der Waals surface area contributed by atoms with Gasteiger partial charge in [0.25, 0.3) is 0 Å². The van der Waals surface area contributed by atoms with Gasteiger partial charge in [-0.25, -0.2) is 0 Å². The predicted molar refractivity (Wildman–Crippen MR) is 89.7 cm³/mol. The molecule has 0 aromatic rings. The molecule has 0 saturated heterocycles. The van der Waals surface area contributed by atoms with E-state index in [4.69, 9.17) is 0 Å². The SMILES string of the molecule is C=C1CC[C@H](C(=C)C)[C@H]2C=C(C)C(=O)C3=C(C(=O)C(C)(O)C3)[C@H]12. The van der Waals surface area contributed by atoms with E-state index in [1.54, 1.807) is 6.92 Å². The first-order valence-electron chi connectivity index (χ1n) is 8.21. The van der Waals surface area contributed by atoms with E-state index in [2.05, 4.69) is 13.2 Å². The molecule has 1 saturated carbocycles. The number of ketones is 2. The van der Waals surface area contributed by atoms with E-state index in [-0.39, 0.29) is 35.7 Å². The Hall–Kier alpha value is -1.74. The number of hydrogen-bond donors (Lipinski definition) is 1. The van der Waals surface area contributed by atoms with Gasteiger partial charge in [-0.05, 0) is 51.0 Å². The molecule has 1 fully saturated rings. The molecule has 3 nitrogen and oxygen atoms in total. The lowest BCUT2D eigenvalue weighted by Gasteiger charge is -2.39. The molecule has 3 aliphatic carbocycles. The van der Waals surface area contributed by atoms with Gasteiger partial charge in [0.1, 0.15) is 5.60 Å². The number of carbonyl (C=O) groups is 2. The van der Waals surface area contributed by atoms with E-state index in [0.717, 1.165) is 24.0 Å². The van der Waals surface area contributed by atoms with Crippen molar-refractivity contribution < 1.29 is 14.7 Å². The zero-order valence-corrected chi connectivity index (χ0v) is 14.1. The molecule has 0 bridgehead atoms. The van der Waals surface area contributed by atoms with E-state index in [9.17, 15) is 14.7 Å². The van der Waals surface area contributed by atoms with E-state index in [1.807, 2.05) is 13.0 Å². The Balaban J connectivity index is 2.21. The van der Waals surface area contributed by atoms with Crippen LogP contribution in [-0.4, -0.2) is 22.3 Å². The fraction of sp³-hybridized carbons (Fsp3) is 0.500. The largest absolute Gasteiger partial charge is 0.382 e. The van der Waals surface area contributed by atoms with Crippen LogP contribution in [0.15, 0.2) is 47.1 Å². The highest BCUT2D eigenvalue weighted by molar-refractivity contribution is 6.19. The number of carbonyl (C=O) groups excluding carboxylic acids is 2. The highest BCUT2D eigenvalue weighted by Crippen LogP contribution is 2.51. The number of rotatable bonds is 1. The van der Waals surface area contributed by atoms with Crippen LogP contribution >= 0.6 is 0 Å². The van der Waals surface area contributed by atoms with Gasteiger partial charge in [-0.1, -0.05) is 30.4 Å². The molecule has 0 heterocycles. The van der Waals surface area contributed by atoms with Crippen LogP contribution in [0.25, 0.3) is 0 Å². The zero-order valence-electron chi connectivity index (χ0n) is 14.1. The van der Waals surface area contributed by atoms with Crippen LogP contribution in [0, 0.1) is 17.8 Å². The third-order valence-corrected chi connectivity index (χ3v) is 5.66. The van der Waals surface area contributed by atoms with Gasteiger partial charge in [-0.2, -0.15) is 0 Å². The fourth-order valence-electron chi connectivity index (χ4n) is 4.46. The fourth-order valence-corrected chi connectivity index (χ4v) is 4.46. The molecule has 0 aromatic carbocycles. The summed E-state index contributed by atoms with van der Waals surface area (Å²) in [6, 6.07) is 0. The topological polar surface area (TPSA) is 54.4 Å². The second-order valence-corrected chi connectivity index (χ2v) is 7.56. The number of aliphatic hydroxyl groups is 1. The van der Waals surface area contributed by atoms with Gasteiger partial charge in [0, 0.05) is 23.5 Å². The molecule has 1 unspecified atom stereocenters. The predicted octanol–water partition coefficient (Wildman–Crippen LogP) is 3.31. The monoisotopic (exact) mass is 312 g/mol. The Morgan fingerprint density at radius 1 is 1.39 bits per heavy atom. The second kappa shape index (κ2) is 5.13. The van der Waals surface area contributed by atoms with Gasteiger partial charge in [-0.3, -0.25) is 9.59 Å². The molecule has 3 rings (SSSR count). The van der Waals surface area contributed by atoms with Gasteiger partial charge in [-0.15, -0.1) is 0 Å². The molecule has 0 aliphatic heterocycles. The van der Waals surface area contributed by atoms with Crippen LogP contribution in [0.3, 0.4) is 0 Å². The van der Waals surface area contributed by atoms with Crippen molar-refractivity contribution in [3.8, 4) is 0 Å². The summed E-state index contributed by atoms with van der Waals surface area (Å²) in [4.78, 5) is 25.5. The molecule has 1 N–H and O–H groups in total. The smallest absolute Gasteiger partial charge is 0.191 e. The van der Waals surface area contributed by atoms with Gasteiger partial charge in [0.15, 0.2) is 11.6 Å². The number of Topliss-reactive ketones (excluding diaryl/α,β-unsaturated/α-hetero) is 2. The van der Waals surface area contributed by atoms with Crippen molar-refractivity contribution in [2.45, 2.75) is 45.6 Å². The van der Waals surface area contributed by atoms with Crippen molar-refractivity contribution in [3.05, 3.63) is 47.1 Å². The third kappa shape index (κ3) is 2.29. The van der Waals surface area contributed by atoms with E-state index < -0.39 is 5.60 Å². The maximum absolute atomic E-state index is 12.8. The summed E-state index contributed by atoms with van der Waals surface area (Å²) < 4.78 is 0. The van der Waals surface area contributed by atoms with Crippen LogP contribution in [-0.2, 0) is 9.59 Å².